The van der Waals surface area contributed by atoms with Crippen LogP contribution in [0.5, 0.6) is 0 Å². The number of benzene rings is 1. The number of carbonyl (C=O) groups is 2. The largest absolute Gasteiger partial charge is 0.308 e. The van der Waals surface area contributed by atoms with Crippen LogP contribution in [-0.2, 0) is 9.59 Å². The number of anilines is 1. The molecule has 0 saturated carbocycles. The van der Waals surface area contributed by atoms with Gasteiger partial charge in [0.25, 0.3) is 11.8 Å². The van der Waals surface area contributed by atoms with E-state index in [9.17, 15) is 9.59 Å². The van der Waals surface area contributed by atoms with Gasteiger partial charge in [-0.05, 0) is 26.3 Å². The van der Waals surface area contributed by atoms with Gasteiger partial charge in [0.15, 0.2) is 0 Å². The Kier molecular flexibility index (Phi) is 4.29. The molecule has 0 bridgehead atoms. The number of amides is 2. The number of para-hydroxylation sites is 1. The fraction of sp³-hybridized carbons (Fsp3) is 0.353. The Bertz CT molecular complexity index is 742. The van der Waals surface area contributed by atoms with E-state index < -0.39 is 0 Å². The Morgan fingerprint density at radius 1 is 1.17 bits per heavy atom. The molecule has 120 valence electrons. The summed E-state index contributed by atoms with van der Waals surface area (Å²) in [5.41, 5.74) is 2.18. The van der Waals surface area contributed by atoms with Crippen LogP contribution in [0.1, 0.15) is 32.8 Å². The fourth-order valence-electron chi connectivity index (χ4n) is 2.91. The van der Waals surface area contributed by atoms with Crippen molar-refractivity contribution in [3.8, 4) is 0 Å². The number of thioether (sulfide) groups is 1. The topological polar surface area (TPSA) is 40.6 Å². The molecule has 0 aliphatic carbocycles. The number of fused-ring (bicyclic) bond motifs is 1. The second-order valence-corrected chi connectivity index (χ2v) is 7.22. The van der Waals surface area contributed by atoms with Crippen molar-refractivity contribution in [2.24, 2.45) is 0 Å². The van der Waals surface area contributed by atoms with Gasteiger partial charge in [0, 0.05) is 18.2 Å². The van der Waals surface area contributed by atoms with Crippen LogP contribution in [0, 0.1) is 0 Å². The van der Waals surface area contributed by atoms with Crippen molar-refractivity contribution in [3.63, 3.8) is 0 Å². The van der Waals surface area contributed by atoms with Crippen molar-refractivity contribution in [2.45, 2.75) is 33.2 Å². The number of nitrogens with zero attached hydrogens (tertiary/aromatic N) is 2. The molecule has 6 heteroatoms. The van der Waals surface area contributed by atoms with Gasteiger partial charge in [-0.2, -0.15) is 0 Å². The molecule has 1 aromatic carbocycles. The molecular weight excluding hydrogens is 328 g/mol. The smallest absolute Gasteiger partial charge is 0.267 e. The molecule has 23 heavy (non-hydrogen) atoms. The lowest BCUT2D eigenvalue weighted by molar-refractivity contribution is -0.123. The van der Waals surface area contributed by atoms with Crippen molar-refractivity contribution in [1.82, 2.24) is 4.90 Å². The van der Waals surface area contributed by atoms with Crippen LogP contribution in [0.25, 0.3) is 5.57 Å². The van der Waals surface area contributed by atoms with E-state index in [0.717, 1.165) is 17.7 Å². The molecule has 0 aromatic heterocycles. The molecule has 4 nitrogen and oxygen atoms in total. The second kappa shape index (κ2) is 6.09. The highest BCUT2D eigenvalue weighted by molar-refractivity contribution is 8.26. The molecule has 1 atom stereocenters. The Balaban J connectivity index is 2.14. The van der Waals surface area contributed by atoms with E-state index in [1.165, 1.54) is 11.8 Å². The Labute approximate surface area is 145 Å². The summed E-state index contributed by atoms with van der Waals surface area (Å²) in [6, 6.07) is 7.64. The van der Waals surface area contributed by atoms with Gasteiger partial charge in [-0.25, -0.2) is 0 Å². The SMILES string of the molecule is CC[C@H](C)N1C(=O)/C(=C2\C(=O)N(CC)c3ccccc32)SC1=S. The number of hydrogen-bond acceptors (Lipinski definition) is 4. The van der Waals surface area contributed by atoms with Crippen LogP contribution in [-0.4, -0.2) is 33.6 Å². The van der Waals surface area contributed by atoms with Gasteiger partial charge in [-0.3, -0.25) is 14.5 Å². The molecule has 1 saturated heterocycles. The number of thiocarbonyl (C=S) groups is 1. The number of carbonyl (C=O) groups excluding carboxylic acids is 2. The number of likely N-dealkylation sites (N-methyl/N-ethyl adjacent to an activating group) is 1. The first-order chi connectivity index (χ1) is 11.0. The molecule has 0 unspecified atom stereocenters. The average molecular weight is 346 g/mol. The lowest BCUT2D eigenvalue weighted by atomic mass is 10.1. The first-order valence-corrected chi connectivity index (χ1v) is 8.94. The lowest BCUT2D eigenvalue weighted by Crippen LogP contribution is -2.36. The van der Waals surface area contributed by atoms with Crippen molar-refractivity contribution in [1.29, 1.82) is 0 Å². The molecule has 0 N–H and O–H groups in total. The summed E-state index contributed by atoms with van der Waals surface area (Å²) in [6.45, 7) is 6.50. The summed E-state index contributed by atoms with van der Waals surface area (Å²) in [6.07, 6.45) is 0.820. The third-order valence-electron chi connectivity index (χ3n) is 4.30. The molecule has 2 heterocycles. The van der Waals surface area contributed by atoms with Gasteiger partial charge in [0.1, 0.15) is 4.32 Å². The van der Waals surface area contributed by atoms with E-state index in [-0.39, 0.29) is 17.9 Å². The van der Waals surface area contributed by atoms with Crippen LogP contribution in [0.3, 0.4) is 0 Å². The lowest BCUT2D eigenvalue weighted by Gasteiger charge is -2.21. The van der Waals surface area contributed by atoms with E-state index in [4.69, 9.17) is 12.2 Å². The third-order valence-corrected chi connectivity index (χ3v) is 5.70. The average Bonchev–Trinajstić information content (AvgIpc) is 2.99. The zero-order valence-electron chi connectivity index (χ0n) is 13.3. The van der Waals surface area contributed by atoms with Crippen molar-refractivity contribution >= 4 is 51.4 Å². The standard InChI is InChI=1S/C17H18N2O2S2/c1-4-10(3)19-16(21)14(23-17(19)22)13-11-8-6-7-9-12(11)18(5-2)15(13)20/h6-10H,4-5H2,1-3H3/b14-13+/t10-/m0/s1. The van der Waals surface area contributed by atoms with Gasteiger partial charge in [0.05, 0.1) is 16.2 Å². The van der Waals surface area contributed by atoms with Crippen molar-refractivity contribution in [2.75, 3.05) is 11.4 Å². The van der Waals surface area contributed by atoms with Crippen LogP contribution >= 0.6 is 24.0 Å². The fourth-order valence-corrected chi connectivity index (χ4v) is 4.44. The summed E-state index contributed by atoms with van der Waals surface area (Å²) < 4.78 is 0.534. The molecule has 2 amide bonds. The highest BCUT2D eigenvalue weighted by atomic mass is 32.2. The molecule has 0 radical (unpaired) electrons. The minimum Gasteiger partial charge on any atom is -0.308 e. The van der Waals surface area contributed by atoms with Gasteiger partial charge in [0.2, 0.25) is 0 Å². The zero-order chi connectivity index (χ0) is 16.7. The quantitative estimate of drug-likeness (QED) is 0.621. The molecule has 0 spiro atoms. The predicted octanol–water partition coefficient (Wildman–Crippen LogP) is 3.42. The Morgan fingerprint density at radius 2 is 1.87 bits per heavy atom. The van der Waals surface area contributed by atoms with Crippen LogP contribution in [0.15, 0.2) is 29.2 Å². The molecule has 1 aromatic rings. The van der Waals surface area contributed by atoms with Gasteiger partial charge in [-0.1, -0.05) is 49.1 Å². The first kappa shape index (κ1) is 16.2. The summed E-state index contributed by atoms with van der Waals surface area (Å²) in [4.78, 5) is 29.5. The van der Waals surface area contributed by atoms with Gasteiger partial charge in [-0.15, -0.1) is 0 Å². The zero-order valence-corrected chi connectivity index (χ0v) is 15.0. The summed E-state index contributed by atoms with van der Waals surface area (Å²) in [5.74, 6) is -0.260. The Morgan fingerprint density at radius 3 is 2.52 bits per heavy atom. The normalized spacial score (nSPS) is 22.1. The second-order valence-electron chi connectivity index (χ2n) is 5.57. The first-order valence-electron chi connectivity index (χ1n) is 7.72. The molecule has 2 aliphatic rings. The highest BCUT2D eigenvalue weighted by Gasteiger charge is 2.42. The predicted molar refractivity (Wildman–Crippen MR) is 98.2 cm³/mol. The van der Waals surface area contributed by atoms with Crippen molar-refractivity contribution in [3.05, 3.63) is 34.7 Å². The van der Waals surface area contributed by atoms with Gasteiger partial charge >= 0.3 is 0 Å². The van der Waals surface area contributed by atoms with E-state index in [0.29, 0.717) is 21.3 Å². The summed E-state index contributed by atoms with van der Waals surface area (Å²) in [7, 11) is 0. The maximum absolute atomic E-state index is 12.8. The van der Waals surface area contributed by atoms with Crippen molar-refractivity contribution < 1.29 is 9.59 Å². The molecule has 3 rings (SSSR count). The summed E-state index contributed by atoms with van der Waals surface area (Å²) >= 11 is 6.62. The maximum Gasteiger partial charge on any atom is 0.267 e. The third kappa shape index (κ3) is 2.40. The van der Waals surface area contributed by atoms with Crippen LogP contribution < -0.4 is 4.90 Å². The van der Waals surface area contributed by atoms with Gasteiger partial charge < -0.3 is 4.90 Å². The van der Waals surface area contributed by atoms with E-state index in [1.807, 2.05) is 45.0 Å². The molecule has 2 aliphatic heterocycles. The Hall–Kier alpha value is -1.66. The van der Waals surface area contributed by atoms with E-state index >= 15 is 0 Å². The number of rotatable bonds is 3. The minimum absolute atomic E-state index is 0.0367. The monoisotopic (exact) mass is 346 g/mol. The molecular formula is C17H18N2O2S2. The van der Waals surface area contributed by atoms with Crippen LogP contribution in [0.2, 0.25) is 0 Å². The number of hydrogen-bond donors (Lipinski definition) is 0. The minimum atomic E-state index is -0.148. The summed E-state index contributed by atoms with van der Waals surface area (Å²) in [5, 5.41) is 0. The van der Waals surface area contributed by atoms with E-state index in [2.05, 4.69) is 0 Å². The molecule has 1 fully saturated rings. The maximum atomic E-state index is 12.8. The van der Waals surface area contributed by atoms with E-state index in [1.54, 1.807) is 9.80 Å². The highest BCUT2D eigenvalue weighted by Crippen LogP contribution is 2.44. The van der Waals surface area contributed by atoms with Crippen LogP contribution in [0.4, 0.5) is 5.69 Å².